The van der Waals surface area contributed by atoms with E-state index in [0.717, 1.165) is 5.56 Å². The van der Waals surface area contributed by atoms with E-state index in [2.05, 4.69) is 26.7 Å². The summed E-state index contributed by atoms with van der Waals surface area (Å²) in [6.45, 7) is 0.793. The second-order valence-electron chi connectivity index (χ2n) is 5.89. The van der Waals surface area contributed by atoms with Gasteiger partial charge in [-0.1, -0.05) is 36.4 Å². The first-order valence-corrected chi connectivity index (χ1v) is 8.68. The number of nitriles is 1. The summed E-state index contributed by atoms with van der Waals surface area (Å²) in [6, 6.07) is 20.1. The maximum Gasteiger partial charge on any atom is 0.270 e. The van der Waals surface area contributed by atoms with Crippen molar-refractivity contribution in [3.8, 4) is 17.5 Å². The van der Waals surface area contributed by atoms with Crippen LogP contribution in [0.3, 0.4) is 0 Å². The van der Waals surface area contributed by atoms with Gasteiger partial charge in [-0.15, -0.1) is 0 Å². The number of hydrogen-bond donors (Lipinski definition) is 2. The number of anilines is 2. The minimum absolute atomic E-state index is 0.240. The predicted molar refractivity (Wildman–Crippen MR) is 106 cm³/mol. The van der Waals surface area contributed by atoms with Gasteiger partial charge in [-0.05, 0) is 18.2 Å². The Labute approximate surface area is 163 Å². The molecule has 0 radical (unpaired) electrons. The number of hydrogen-bond acceptors (Lipinski definition) is 6. The highest BCUT2D eigenvalue weighted by atomic mass is 16.5. The van der Waals surface area contributed by atoms with Gasteiger partial charge in [-0.2, -0.15) is 5.26 Å². The molecule has 7 heteroatoms. The van der Waals surface area contributed by atoms with Gasteiger partial charge < -0.3 is 15.4 Å². The van der Waals surface area contributed by atoms with Crippen LogP contribution in [-0.4, -0.2) is 36.1 Å². The van der Waals surface area contributed by atoms with Gasteiger partial charge in [0.2, 0.25) is 0 Å². The van der Waals surface area contributed by atoms with Crippen molar-refractivity contribution in [3.63, 3.8) is 0 Å². The predicted octanol–water partition coefficient (Wildman–Crippen LogP) is 3.14. The van der Waals surface area contributed by atoms with Crippen LogP contribution in [0.2, 0.25) is 0 Å². The topological polar surface area (TPSA) is 99.9 Å². The Balaban J connectivity index is 1.95. The quantitative estimate of drug-likeness (QED) is 0.617. The summed E-state index contributed by atoms with van der Waals surface area (Å²) in [5.41, 5.74) is 2.26. The maximum atomic E-state index is 12.5. The van der Waals surface area contributed by atoms with Gasteiger partial charge in [0.1, 0.15) is 11.5 Å². The van der Waals surface area contributed by atoms with Gasteiger partial charge in [0.15, 0.2) is 5.82 Å². The van der Waals surface area contributed by atoms with E-state index < -0.39 is 0 Å². The maximum absolute atomic E-state index is 12.5. The number of rotatable bonds is 7. The molecule has 1 heterocycles. The lowest BCUT2D eigenvalue weighted by molar-refractivity contribution is 0.0932. The molecule has 0 atom stereocenters. The number of nitrogens with one attached hydrogen (secondary N) is 2. The molecule has 1 amide bonds. The molecule has 0 saturated heterocycles. The van der Waals surface area contributed by atoms with Crippen LogP contribution in [-0.2, 0) is 4.74 Å². The van der Waals surface area contributed by atoms with Crippen LogP contribution in [0.25, 0.3) is 11.4 Å². The Bertz CT molecular complexity index is 999. The zero-order valence-electron chi connectivity index (χ0n) is 15.3. The summed E-state index contributed by atoms with van der Waals surface area (Å²) in [7, 11) is 1.57. The van der Waals surface area contributed by atoms with Gasteiger partial charge >= 0.3 is 0 Å². The number of methoxy groups -OCH3 is 1. The van der Waals surface area contributed by atoms with Crippen LogP contribution >= 0.6 is 0 Å². The summed E-state index contributed by atoms with van der Waals surface area (Å²) in [6.07, 6.45) is 0. The second-order valence-corrected chi connectivity index (χ2v) is 5.89. The van der Waals surface area contributed by atoms with E-state index in [0.29, 0.717) is 36.0 Å². The minimum Gasteiger partial charge on any atom is -0.383 e. The number of carbonyl (C=O) groups excluding carboxylic acids is 1. The summed E-state index contributed by atoms with van der Waals surface area (Å²) >= 11 is 0. The molecule has 0 bridgehead atoms. The Kier molecular flexibility index (Phi) is 6.29. The van der Waals surface area contributed by atoms with Crippen LogP contribution in [0, 0.1) is 11.3 Å². The third-order valence-corrected chi connectivity index (χ3v) is 3.85. The first-order valence-electron chi connectivity index (χ1n) is 8.68. The summed E-state index contributed by atoms with van der Waals surface area (Å²) in [5.74, 6) is 0.574. The average molecular weight is 373 g/mol. The largest absolute Gasteiger partial charge is 0.383 e. The van der Waals surface area contributed by atoms with E-state index in [4.69, 9.17) is 10.00 Å². The molecule has 28 heavy (non-hydrogen) atoms. The molecule has 2 aromatic carbocycles. The Hall–Kier alpha value is -3.76. The molecule has 0 aliphatic carbocycles. The van der Waals surface area contributed by atoms with Gasteiger partial charge in [0, 0.05) is 31.0 Å². The molecule has 140 valence electrons. The fourth-order valence-electron chi connectivity index (χ4n) is 2.52. The lowest BCUT2D eigenvalue weighted by Gasteiger charge is -2.11. The van der Waals surface area contributed by atoms with Crippen molar-refractivity contribution in [2.24, 2.45) is 0 Å². The standard InChI is InChI=1S/C21H19N5O2/c1-28-11-10-23-21(27)18-13-19(24-17-9-5-6-15(12-17)14-22)26-20(25-18)16-7-3-2-4-8-16/h2-9,12-13H,10-11H2,1H3,(H,23,27)(H,24,25,26). The number of nitrogens with zero attached hydrogens (tertiary/aromatic N) is 3. The summed E-state index contributed by atoms with van der Waals surface area (Å²) in [4.78, 5) is 21.4. The van der Waals surface area contributed by atoms with Crippen molar-refractivity contribution in [2.45, 2.75) is 0 Å². The molecule has 1 aromatic heterocycles. The Morgan fingerprint density at radius 3 is 2.68 bits per heavy atom. The molecule has 0 aliphatic rings. The number of amides is 1. The van der Waals surface area contributed by atoms with Gasteiger partial charge in [0.05, 0.1) is 18.2 Å². The molecule has 0 fully saturated rings. The Morgan fingerprint density at radius 1 is 1.11 bits per heavy atom. The molecular formula is C21H19N5O2. The van der Waals surface area contributed by atoms with E-state index >= 15 is 0 Å². The highest BCUT2D eigenvalue weighted by Gasteiger charge is 2.13. The Morgan fingerprint density at radius 2 is 1.93 bits per heavy atom. The van der Waals surface area contributed by atoms with Crippen molar-refractivity contribution >= 4 is 17.4 Å². The van der Waals surface area contributed by atoms with E-state index in [-0.39, 0.29) is 11.6 Å². The van der Waals surface area contributed by atoms with E-state index in [9.17, 15) is 4.79 Å². The lowest BCUT2D eigenvalue weighted by atomic mass is 10.2. The van der Waals surface area contributed by atoms with Crippen molar-refractivity contribution in [1.29, 1.82) is 5.26 Å². The first-order chi connectivity index (χ1) is 13.7. The van der Waals surface area contributed by atoms with Gasteiger partial charge in [-0.3, -0.25) is 4.79 Å². The van der Waals surface area contributed by atoms with Crippen LogP contribution in [0.1, 0.15) is 16.1 Å². The molecule has 2 N–H and O–H groups in total. The number of ether oxygens (including phenoxy) is 1. The monoisotopic (exact) mass is 373 g/mol. The van der Waals surface area contributed by atoms with Crippen LogP contribution in [0.4, 0.5) is 11.5 Å². The molecule has 3 rings (SSSR count). The first kappa shape index (κ1) is 19.0. The van der Waals surface area contributed by atoms with E-state index in [1.54, 1.807) is 31.4 Å². The van der Waals surface area contributed by atoms with Crippen molar-refractivity contribution in [3.05, 3.63) is 71.9 Å². The van der Waals surface area contributed by atoms with Crippen molar-refractivity contribution < 1.29 is 9.53 Å². The summed E-state index contributed by atoms with van der Waals surface area (Å²) in [5, 5.41) is 15.0. The fraction of sp³-hybridized carbons (Fsp3) is 0.143. The SMILES string of the molecule is COCCNC(=O)c1cc(Nc2cccc(C#N)c2)nc(-c2ccccc2)n1. The van der Waals surface area contributed by atoms with Crippen LogP contribution < -0.4 is 10.6 Å². The van der Waals surface area contributed by atoms with E-state index in [1.165, 1.54) is 0 Å². The average Bonchev–Trinajstić information content (AvgIpc) is 2.74. The highest BCUT2D eigenvalue weighted by Crippen LogP contribution is 2.21. The molecule has 0 saturated carbocycles. The van der Waals surface area contributed by atoms with Gasteiger partial charge in [-0.25, -0.2) is 9.97 Å². The second kappa shape index (κ2) is 9.26. The molecule has 0 spiro atoms. The molecule has 0 unspecified atom stereocenters. The number of benzene rings is 2. The molecule has 7 nitrogen and oxygen atoms in total. The van der Waals surface area contributed by atoms with E-state index in [1.807, 2.05) is 36.4 Å². The lowest BCUT2D eigenvalue weighted by Crippen LogP contribution is -2.28. The fourth-order valence-corrected chi connectivity index (χ4v) is 2.52. The van der Waals surface area contributed by atoms with Gasteiger partial charge in [0.25, 0.3) is 5.91 Å². The smallest absolute Gasteiger partial charge is 0.270 e. The zero-order valence-corrected chi connectivity index (χ0v) is 15.3. The zero-order chi connectivity index (χ0) is 19.8. The van der Waals surface area contributed by atoms with Crippen LogP contribution in [0.15, 0.2) is 60.7 Å². The molecule has 3 aromatic rings. The number of carbonyl (C=O) groups is 1. The van der Waals surface area contributed by atoms with Crippen molar-refractivity contribution in [2.75, 3.05) is 25.6 Å². The normalized spacial score (nSPS) is 10.1. The number of aromatic nitrogens is 2. The molecule has 0 aliphatic heterocycles. The minimum atomic E-state index is -0.314. The highest BCUT2D eigenvalue weighted by molar-refractivity contribution is 5.93. The third kappa shape index (κ3) is 4.90. The van der Waals surface area contributed by atoms with Crippen molar-refractivity contribution in [1.82, 2.24) is 15.3 Å². The molecular weight excluding hydrogens is 354 g/mol. The third-order valence-electron chi connectivity index (χ3n) is 3.85. The van der Waals surface area contributed by atoms with Crippen LogP contribution in [0.5, 0.6) is 0 Å². The summed E-state index contributed by atoms with van der Waals surface area (Å²) < 4.78 is 4.96.